The summed E-state index contributed by atoms with van der Waals surface area (Å²) in [7, 11) is 1.55. The molecule has 0 aliphatic carbocycles. The number of hydrogen-bond donors (Lipinski definition) is 0. The number of thiazole rings is 1. The van der Waals surface area contributed by atoms with Gasteiger partial charge < -0.3 is 23.8 Å². The summed E-state index contributed by atoms with van der Waals surface area (Å²) >= 11 is 1.47. The highest BCUT2D eigenvalue weighted by Crippen LogP contribution is 2.28. The third-order valence-corrected chi connectivity index (χ3v) is 7.36. The number of halogens is 1. The van der Waals surface area contributed by atoms with Crippen LogP contribution in [0.3, 0.4) is 0 Å². The minimum atomic E-state index is -0.298. The zero-order chi connectivity index (χ0) is 27.0. The molecule has 2 saturated heterocycles. The summed E-state index contributed by atoms with van der Waals surface area (Å²) in [6.07, 6.45) is 3.86. The van der Waals surface area contributed by atoms with Crippen molar-refractivity contribution in [1.29, 1.82) is 0 Å². The first-order valence-corrected chi connectivity index (χ1v) is 13.8. The molecule has 206 valence electrons. The van der Waals surface area contributed by atoms with E-state index < -0.39 is 0 Å². The third-order valence-electron chi connectivity index (χ3n) is 6.50. The lowest BCUT2D eigenvalue weighted by molar-refractivity contribution is -0.137. The summed E-state index contributed by atoms with van der Waals surface area (Å²) in [5, 5.41) is 6.69. The molecule has 1 atom stereocenters. The zero-order valence-corrected chi connectivity index (χ0v) is 22.6. The van der Waals surface area contributed by atoms with E-state index in [0.717, 1.165) is 41.1 Å². The monoisotopic (exact) mass is 554 g/mol. The molecule has 2 fully saturated rings. The summed E-state index contributed by atoms with van der Waals surface area (Å²) < 4.78 is 37.6. The molecule has 3 heterocycles. The van der Waals surface area contributed by atoms with Gasteiger partial charge in [-0.05, 0) is 60.9 Å². The lowest BCUT2D eigenvalue weighted by Gasteiger charge is -2.26. The molecule has 1 amide bonds. The Morgan fingerprint density at radius 3 is 2.72 bits per heavy atom. The molecule has 5 rings (SSSR count). The zero-order valence-electron chi connectivity index (χ0n) is 21.8. The Hall–Kier alpha value is -3.54. The molecule has 11 heteroatoms. The van der Waals surface area contributed by atoms with Gasteiger partial charge in [0.05, 0.1) is 44.9 Å². The second kappa shape index (κ2) is 13.0. The fraction of sp³-hybridized carbons (Fsp3) is 0.393. The molecule has 0 unspecified atom stereocenters. The molecule has 2 aliphatic heterocycles. The number of rotatable bonds is 9. The van der Waals surface area contributed by atoms with Crippen molar-refractivity contribution in [3.05, 3.63) is 64.0 Å². The molecule has 2 aliphatic rings. The number of ether oxygens (including phenoxy) is 4. The van der Waals surface area contributed by atoms with Gasteiger partial charge in [0.2, 0.25) is 4.80 Å². The van der Waals surface area contributed by atoms with Gasteiger partial charge in [-0.2, -0.15) is 5.10 Å². The van der Waals surface area contributed by atoms with Crippen molar-refractivity contribution in [3.8, 4) is 22.8 Å². The molecule has 2 aromatic carbocycles. The van der Waals surface area contributed by atoms with E-state index in [0.29, 0.717) is 44.3 Å². The minimum Gasteiger partial charge on any atom is -0.493 e. The number of aromatic nitrogens is 1. The van der Waals surface area contributed by atoms with Gasteiger partial charge in [0.25, 0.3) is 5.91 Å². The lowest BCUT2D eigenvalue weighted by Crippen LogP contribution is -2.43. The SMILES string of the molecule is COc1cc(/C=N\n2c(-c3ccc(F)cc3)csc2=NC[C@H]2CCCO2)ccc1OCC(=O)N1CCOCC1. The minimum absolute atomic E-state index is 0.0782. The summed E-state index contributed by atoms with van der Waals surface area (Å²) in [5.74, 6) is 0.575. The van der Waals surface area contributed by atoms with E-state index >= 15 is 0 Å². The van der Waals surface area contributed by atoms with Crippen molar-refractivity contribution >= 4 is 23.5 Å². The molecular formula is C28H31FN4O5S. The van der Waals surface area contributed by atoms with Gasteiger partial charge in [-0.25, -0.2) is 9.07 Å². The Morgan fingerprint density at radius 1 is 1.15 bits per heavy atom. The fourth-order valence-corrected chi connectivity index (χ4v) is 5.21. The van der Waals surface area contributed by atoms with Crippen LogP contribution in [-0.2, 0) is 14.3 Å². The van der Waals surface area contributed by atoms with Gasteiger partial charge >= 0.3 is 0 Å². The highest BCUT2D eigenvalue weighted by atomic mass is 32.1. The topological polar surface area (TPSA) is 86.9 Å². The van der Waals surface area contributed by atoms with Crippen LogP contribution in [0.4, 0.5) is 4.39 Å². The van der Waals surface area contributed by atoms with Gasteiger partial charge in [0.1, 0.15) is 5.82 Å². The quantitative estimate of drug-likeness (QED) is 0.378. The van der Waals surface area contributed by atoms with E-state index in [4.69, 9.17) is 29.0 Å². The fourth-order valence-electron chi connectivity index (χ4n) is 4.36. The molecule has 1 aromatic heterocycles. The van der Waals surface area contributed by atoms with Crippen LogP contribution in [0.1, 0.15) is 18.4 Å². The number of hydrogen-bond acceptors (Lipinski definition) is 8. The number of benzene rings is 2. The van der Waals surface area contributed by atoms with Gasteiger partial charge in [0.15, 0.2) is 18.1 Å². The van der Waals surface area contributed by atoms with E-state index in [1.54, 1.807) is 47.2 Å². The Bertz CT molecular complexity index is 1360. The van der Waals surface area contributed by atoms with E-state index in [1.165, 1.54) is 23.5 Å². The number of methoxy groups -OCH3 is 1. The number of carbonyl (C=O) groups is 1. The molecule has 9 nitrogen and oxygen atoms in total. The second-order valence-corrected chi connectivity index (χ2v) is 9.97. The molecule has 3 aromatic rings. The predicted octanol–water partition coefficient (Wildman–Crippen LogP) is 3.56. The van der Waals surface area contributed by atoms with Crippen molar-refractivity contribution in [3.63, 3.8) is 0 Å². The Kier molecular flexibility index (Phi) is 9.02. The van der Waals surface area contributed by atoms with Crippen LogP contribution in [0.5, 0.6) is 11.5 Å². The first-order chi connectivity index (χ1) is 19.1. The molecule has 0 N–H and O–H groups in total. The molecule has 0 spiro atoms. The standard InChI is InChI=1S/C28H31FN4O5S/c1-35-26-15-20(4-9-25(26)38-18-27(34)32-10-13-36-14-11-32)16-31-33-24(21-5-7-22(29)8-6-21)19-39-28(33)30-17-23-3-2-12-37-23/h4-9,15-16,19,23H,2-3,10-14,17-18H2,1H3/b30-28?,31-16-/t23-/m1/s1. The van der Waals surface area contributed by atoms with Crippen LogP contribution in [-0.4, -0.2) is 81.0 Å². The average Bonchev–Trinajstić information content (AvgIpc) is 3.64. The van der Waals surface area contributed by atoms with Crippen molar-refractivity contribution in [1.82, 2.24) is 9.58 Å². The van der Waals surface area contributed by atoms with E-state index in [1.807, 2.05) is 11.4 Å². The highest BCUT2D eigenvalue weighted by Gasteiger charge is 2.18. The van der Waals surface area contributed by atoms with Gasteiger partial charge in [-0.1, -0.05) is 0 Å². The summed E-state index contributed by atoms with van der Waals surface area (Å²) in [5.41, 5.74) is 2.40. The maximum atomic E-state index is 13.6. The molecular weight excluding hydrogens is 523 g/mol. The lowest BCUT2D eigenvalue weighted by atomic mass is 10.2. The summed E-state index contributed by atoms with van der Waals surface area (Å²) in [6, 6.07) is 11.7. The summed E-state index contributed by atoms with van der Waals surface area (Å²) in [6.45, 7) is 3.46. The maximum absolute atomic E-state index is 13.6. The highest BCUT2D eigenvalue weighted by molar-refractivity contribution is 7.07. The van der Waals surface area contributed by atoms with Crippen LogP contribution in [0, 0.1) is 5.82 Å². The Labute approximate surface area is 230 Å². The number of carbonyl (C=O) groups excluding carboxylic acids is 1. The summed E-state index contributed by atoms with van der Waals surface area (Å²) in [4.78, 5) is 19.7. The van der Waals surface area contributed by atoms with Gasteiger partial charge in [-0.15, -0.1) is 11.3 Å². The van der Waals surface area contributed by atoms with Crippen LogP contribution in [0.25, 0.3) is 11.3 Å². The number of amides is 1. The smallest absolute Gasteiger partial charge is 0.260 e. The normalized spacial score (nSPS) is 18.2. The molecule has 0 bridgehead atoms. The van der Waals surface area contributed by atoms with Gasteiger partial charge in [-0.3, -0.25) is 9.79 Å². The predicted molar refractivity (Wildman–Crippen MR) is 146 cm³/mol. The average molecular weight is 555 g/mol. The van der Waals surface area contributed by atoms with Crippen molar-refractivity contribution in [2.75, 3.05) is 53.2 Å². The van der Waals surface area contributed by atoms with Crippen molar-refractivity contribution in [2.45, 2.75) is 18.9 Å². The first-order valence-electron chi connectivity index (χ1n) is 12.9. The van der Waals surface area contributed by atoms with E-state index in [9.17, 15) is 9.18 Å². The molecule has 0 radical (unpaired) electrons. The van der Waals surface area contributed by atoms with Crippen LogP contribution in [0.15, 0.2) is 57.9 Å². The number of morpholine rings is 1. The van der Waals surface area contributed by atoms with Crippen LogP contribution < -0.4 is 14.3 Å². The van der Waals surface area contributed by atoms with E-state index in [-0.39, 0.29) is 24.4 Å². The van der Waals surface area contributed by atoms with Crippen molar-refractivity contribution < 1.29 is 28.1 Å². The first kappa shape index (κ1) is 27.0. The molecule has 39 heavy (non-hydrogen) atoms. The second-order valence-electron chi connectivity index (χ2n) is 9.13. The molecule has 0 saturated carbocycles. The Balaban J connectivity index is 1.36. The van der Waals surface area contributed by atoms with Crippen LogP contribution >= 0.6 is 11.3 Å². The largest absolute Gasteiger partial charge is 0.493 e. The van der Waals surface area contributed by atoms with E-state index in [2.05, 4.69) is 0 Å². The van der Waals surface area contributed by atoms with Gasteiger partial charge in [0, 0.05) is 30.6 Å². The Morgan fingerprint density at radius 2 is 1.97 bits per heavy atom. The third kappa shape index (κ3) is 6.92. The number of nitrogens with zero attached hydrogens (tertiary/aromatic N) is 4. The van der Waals surface area contributed by atoms with Crippen LogP contribution in [0.2, 0.25) is 0 Å². The maximum Gasteiger partial charge on any atom is 0.260 e. The van der Waals surface area contributed by atoms with Crippen molar-refractivity contribution in [2.24, 2.45) is 10.1 Å².